The van der Waals surface area contributed by atoms with Crippen LogP contribution >= 0.6 is 11.8 Å². The van der Waals surface area contributed by atoms with Gasteiger partial charge in [0.25, 0.3) is 0 Å². The number of aliphatic hydroxyl groups excluding tert-OH is 1. The van der Waals surface area contributed by atoms with Crippen LogP contribution in [0.25, 0.3) is 0 Å². The van der Waals surface area contributed by atoms with Gasteiger partial charge in [-0.2, -0.15) is 13.2 Å². The summed E-state index contributed by atoms with van der Waals surface area (Å²) in [4.78, 5) is 11.6. The predicted molar refractivity (Wildman–Crippen MR) is 66.7 cm³/mol. The second-order valence-electron chi connectivity index (χ2n) is 5.38. The van der Waals surface area contributed by atoms with E-state index in [1.54, 1.807) is 0 Å². The van der Waals surface area contributed by atoms with Crippen molar-refractivity contribution >= 4 is 17.7 Å². The number of fused-ring (bicyclic) bond motifs is 2. The van der Waals surface area contributed by atoms with Gasteiger partial charge in [-0.1, -0.05) is 0 Å². The fourth-order valence-electron chi connectivity index (χ4n) is 3.39. The Balaban J connectivity index is 1.76. The van der Waals surface area contributed by atoms with Crippen molar-refractivity contribution < 1.29 is 23.1 Å². The molecule has 0 aromatic rings. The van der Waals surface area contributed by atoms with Crippen LogP contribution in [0.5, 0.6) is 0 Å². The number of nitrogens with one attached hydrogen (secondary N) is 1. The minimum absolute atomic E-state index is 0.0435. The van der Waals surface area contributed by atoms with Crippen LogP contribution in [0.4, 0.5) is 13.2 Å². The number of aliphatic hydroxyl groups is 1. The van der Waals surface area contributed by atoms with Gasteiger partial charge in [-0.15, -0.1) is 11.8 Å². The quantitative estimate of drug-likeness (QED) is 0.813. The van der Waals surface area contributed by atoms with Crippen molar-refractivity contribution in [3.05, 3.63) is 0 Å². The number of hydrogen-bond acceptors (Lipinski definition) is 3. The lowest BCUT2D eigenvalue weighted by Crippen LogP contribution is -2.46. The molecule has 4 unspecified atom stereocenters. The summed E-state index contributed by atoms with van der Waals surface area (Å²) in [6.45, 7) is 0.0435. The molecule has 0 aromatic heterocycles. The van der Waals surface area contributed by atoms with E-state index < -0.39 is 11.9 Å². The van der Waals surface area contributed by atoms with Gasteiger partial charge >= 0.3 is 6.18 Å². The lowest BCUT2D eigenvalue weighted by Gasteiger charge is -2.30. The Labute approximate surface area is 114 Å². The molecule has 3 nitrogen and oxygen atoms in total. The summed E-state index contributed by atoms with van der Waals surface area (Å²) in [6, 6.07) is -0.0530. The molecule has 0 saturated heterocycles. The summed E-state index contributed by atoms with van der Waals surface area (Å²) in [5.74, 6) is -0.603. The van der Waals surface area contributed by atoms with Gasteiger partial charge < -0.3 is 10.4 Å². The molecule has 2 rings (SSSR count). The van der Waals surface area contributed by atoms with Crippen LogP contribution < -0.4 is 5.32 Å². The molecule has 4 atom stereocenters. The highest BCUT2D eigenvalue weighted by Crippen LogP contribution is 2.48. The Hall–Kier alpha value is -0.430. The van der Waals surface area contributed by atoms with Gasteiger partial charge in [0.2, 0.25) is 5.91 Å². The minimum atomic E-state index is -4.23. The molecule has 2 saturated carbocycles. The average Bonchev–Trinajstić information content (AvgIpc) is 2.87. The summed E-state index contributed by atoms with van der Waals surface area (Å²) >= 11 is 0.581. The molecule has 7 heteroatoms. The second kappa shape index (κ2) is 5.91. The van der Waals surface area contributed by atoms with Crippen molar-refractivity contribution in [2.45, 2.75) is 31.5 Å². The Morgan fingerprint density at radius 1 is 1.32 bits per heavy atom. The third kappa shape index (κ3) is 3.78. The highest BCUT2D eigenvalue weighted by Gasteiger charge is 2.47. The number of hydrogen-bond donors (Lipinski definition) is 2. The van der Waals surface area contributed by atoms with Gasteiger partial charge in [-0.3, -0.25) is 4.79 Å². The van der Waals surface area contributed by atoms with Crippen LogP contribution in [0.3, 0.4) is 0 Å². The number of halogens is 3. The molecule has 19 heavy (non-hydrogen) atoms. The molecule has 2 N–H and O–H groups in total. The standard InChI is InChI=1S/C12H18F3NO2S/c13-12(14,15)6-19-5-10(18)16-11-8-2-1-7(3-8)9(11)4-17/h7-9,11,17H,1-6H2,(H,16,18). The topological polar surface area (TPSA) is 49.3 Å². The molecule has 1 amide bonds. The monoisotopic (exact) mass is 297 g/mol. The number of alkyl halides is 3. The van der Waals surface area contributed by atoms with E-state index in [4.69, 9.17) is 0 Å². The van der Waals surface area contributed by atoms with E-state index in [1.165, 1.54) is 0 Å². The van der Waals surface area contributed by atoms with Gasteiger partial charge in [0.1, 0.15) is 0 Å². The van der Waals surface area contributed by atoms with Crippen molar-refractivity contribution in [1.29, 1.82) is 0 Å². The maximum absolute atomic E-state index is 12.0. The van der Waals surface area contributed by atoms with E-state index in [1.807, 2.05) is 0 Å². The van der Waals surface area contributed by atoms with Crippen LogP contribution in [0, 0.1) is 17.8 Å². The Bertz CT molecular complexity index is 337. The zero-order valence-electron chi connectivity index (χ0n) is 10.4. The van der Waals surface area contributed by atoms with Crippen molar-refractivity contribution in [2.75, 3.05) is 18.1 Å². The fraction of sp³-hybridized carbons (Fsp3) is 0.917. The van der Waals surface area contributed by atoms with Gasteiger partial charge in [-0.05, 0) is 31.1 Å². The Morgan fingerprint density at radius 3 is 2.63 bits per heavy atom. The largest absolute Gasteiger partial charge is 0.397 e. The van der Waals surface area contributed by atoms with E-state index in [-0.39, 0.29) is 30.2 Å². The van der Waals surface area contributed by atoms with Gasteiger partial charge in [0.05, 0.1) is 11.5 Å². The maximum atomic E-state index is 12.0. The summed E-state index contributed by atoms with van der Waals surface area (Å²) in [5.41, 5.74) is 0. The number of thioether (sulfide) groups is 1. The van der Waals surface area contributed by atoms with Gasteiger partial charge in [0, 0.05) is 18.6 Å². The van der Waals surface area contributed by atoms with E-state index in [0.717, 1.165) is 19.3 Å². The predicted octanol–water partition coefficient (Wildman–Crippen LogP) is 1.81. The Kier molecular flexibility index (Phi) is 4.66. The molecule has 2 fully saturated rings. The van der Waals surface area contributed by atoms with E-state index in [2.05, 4.69) is 5.32 Å². The highest BCUT2D eigenvalue weighted by molar-refractivity contribution is 8.00. The lowest BCUT2D eigenvalue weighted by molar-refractivity contribution is -0.120. The second-order valence-corrected chi connectivity index (χ2v) is 6.37. The number of carbonyl (C=O) groups is 1. The molecular formula is C12H18F3NO2S. The normalized spacial score (nSPS) is 33.7. The van der Waals surface area contributed by atoms with Crippen molar-refractivity contribution in [3.8, 4) is 0 Å². The zero-order chi connectivity index (χ0) is 14.0. The molecule has 0 radical (unpaired) electrons. The first-order valence-electron chi connectivity index (χ1n) is 6.45. The molecule has 0 aliphatic heterocycles. The van der Waals surface area contributed by atoms with Crippen LogP contribution in [-0.2, 0) is 4.79 Å². The van der Waals surface area contributed by atoms with E-state index in [9.17, 15) is 23.1 Å². The number of rotatable bonds is 5. The van der Waals surface area contributed by atoms with E-state index >= 15 is 0 Å². The van der Waals surface area contributed by atoms with Gasteiger partial charge in [0.15, 0.2) is 0 Å². The molecule has 2 bridgehead atoms. The fourth-order valence-corrected chi connectivity index (χ4v) is 3.99. The van der Waals surface area contributed by atoms with Crippen molar-refractivity contribution in [1.82, 2.24) is 5.32 Å². The van der Waals surface area contributed by atoms with Crippen LogP contribution in [0.15, 0.2) is 0 Å². The summed E-state index contributed by atoms with van der Waals surface area (Å²) in [6.07, 6.45) is -1.08. The maximum Gasteiger partial charge on any atom is 0.397 e. The molecular weight excluding hydrogens is 279 g/mol. The molecule has 2 aliphatic carbocycles. The average molecular weight is 297 g/mol. The van der Waals surface area contributed by atoms with Crippen LogP contribution in [0.1, 0.15) is 19.3 Å². The van der Waals surface area contributed by atoms with Gasteiger partial charge in [-0.25, -0.2) is 0 Å². The first-order valence-corrected chi connectivity index (χ1v) is 7.61. The molecule has 110 valence electrons. The number of amides is 1. The first kappa shape index (κ1) is 15.0. The molecule has 0 spiro atoms. The lowest BCUT2D eigenvalue weighted by atomic mass is 9.85. The van der Waals surface area contributed by atoms with Crippen LogP contribution in [0.2, 0.25) is 0 Å². The summed E-state index contributed by atoms with van der Waals surface area (Å²) < 4.78 is 35.9. The van der Waals surface area contributed by atoms with Crippen molar-refractivity contribution in [3.63, 3.8) is 0 Å². The molecule has 2 aliphatic rings. The Morgan fingerprint density at radius 2 is 2.00 bits per heavy atom. The smallest absolute Gasteiger partial charge is 0.396 e. The highest BCUT2D eigenvalue weighted by atomic mass is 32.2. The minimum Gasteiger partial charge on any atom is -0.396 e. The van der Waals surface area contributed by atoms with Crippen molar-refractivity contribution in [2.24, 2.45) is 17.8 Å². The first-order chi connectivity index (χ1) is 8.90. The molecule has 0 aromatic carbocycles. The summed E-state index contributed by atoms with van der Waals surface area (Å²) in [7, 11) is 0. The number of carbonyl (C=O) groups excluding carboxylic acids is 1. The van der Waals surface area contributed by atoms with E-state index in [0.29, 0.717) is 23.6 Å². The zero-order valence-corrected chi connectivity index (χ0v) is 11.3. The molecule has 0 heterocycles. The SMILES string of the molecule is O=C(CSCC(F)(F)F)NC1C2CCC(C2)C1CO. The third-order valence-corrected chi connectivity index (χ3v) is 5.12. The summed E-state index contributed by atoms with van der Waals surface area (Å²) in [5, 5.41) is 12.2. The third-order valence-electron chi connectivity index (χ3n) is 4.13. The van der Waals surface area contributed by atoms with Crippen LogP contribution in [-0.4, -0.2) is 41.3 Å².